The zero-order valence-corrected chi connectivity index (χ0v) is 12.7. The highest BCUT2D eigenvalue weighted by molar-refractivity contribution is 5.31. The topological polar surface area (TPSA) is 21.3 Å². The fourth-order valence-electron chi connectivity index (χ4n) is 2.57. The molecule has 19 heavy (non-hydrogen) atoms. The molecule has 1 aliphatic heterocycles. The van der Waals surface area contributed by atoms with Crippen LogP contribution in [0.15, 0.2) is 24.3 Å². The third-order valence-electron chi connectivity index (χ3n) is 4.40. The molecule has 0 aliphatic carbocycles. The molecule has 106 valence electrons. The van der Waals surface area contributed by atoms with Crippen LogP contribution in [0, 0.1) is 0 Å². The van der Waals surface area contributed by atoms with E-state index in [0.29, 0.717) is 12.1 Å². The Balaban J connectivity index is 1.99. The van der Waals surface area contributed by atoms with Crippen LogP contribution >= 0.6 is 0 Å². The summed E-state index contributed by atoms with van der Waals surface area (Å²) in [7, 11) is 0. The molecule has 2 heteroatoms. The Bertz CT molecular complexity index is 396. The van der Waals surface area contributed by atoms with Crippen molar-refractivity contribution in [3.8, 4) is 5.75 Å². The van der Waals surface area contributed by atoms with Crippen LogP contribution in [-0.4, -0.2) is 18.7 Å². The summed E-state index contributed by atoms with van der Waals surface area (Å²) < 4.78 is 6.09. The highest BCUT2D eigenvalue weighted by Gasteiger charge is 2.21. The summed E-state index contributed by atoms with van der Waals surface area (Å²) in [5.41, 5.74) is 1.64. The van der Waals surface area contributed by atoms with Gasteiger partial charge in [-0.3, -0.25) is 0 Å². The van der Waals surface area contributed by atoms with Crippen molar-refractivity contribution in [3.63, 3.8) is 0 Å². The second kappa shape index (κ2) is 5.96. The van der Waals surface area contributed by atoms with E-state index in [4.69, 9.17) is 4.74 Å². The number of piperidine rings is 1. The maximum Gasteiger partial charge on any atom is 0.119 e. The SMILES string of the molecule is CCC(C)(C)c1ccc(OC2CCNC(C)C2)cc1. The molecule has 1 aromatic carbocycles. The lowest BCUT2D eigenvalue weighted by molar-refractivity contribution is 0.144. The van der Waals surface area contributed by atoms with Crippen LogP contribution in [0.2, 0.25) is 0 Å². The van der Waals surface area contributed by atoms with E-state index in [2.05, 4.69) is 57.3 Å². The minimum Gasteiger partial charge on any atom is -0.490 e. The van der Waals surface area contributed by atoms with Crippen molar-refractivity contribution in [3.05, 3.63) is 29.8 Å². The standard InChI is InChI=1S/C17H27NO/c1-5-17(3,4)14-6-8-15(9-7-14)19-16-10-11-18-13(2)12-16/h6-9,13,16,18H,5,10-12H2,1-4H3. The highest BCUT2D eigenvalue weighted by atomic mass is 16.5. The van der Waals surface area contributed by atoms with Gasteiger partial charge in [0.2, 0.25) is 0 Å². The lowest BCUT2D eigenvalue weighted by Crippen LogP contribution is -2.40. The predicted molar refractivity (Wildman–Crippen MR) is 80.9 cm³/mol. The van der Waals surface area contributed by atoms with Crippen LogP contribution in [0.4, 0.5) is 0 Å². The molecular formula is C17H27NO. The zero-order valence-electron chi connectivity index (χ0n) is 12.7. The van der Waals surface area contributed by atoms with E-state index in [-0.39, 0.29) is 5.41 Å². The van der Waals surface area contributed by atoms with Gasteiger partial charge >= 0.3 is 0 Å². The van der Waals surface area contributed by atoms with Crippen molar-refractivity contribution in [2.75, 3.05) is 6.54 Å². The van der Waals surface area contributed by atoms with Crippen LogP contribution in [0.3, 0.4) is 0 Å². The van der Waals surface area contributed by atoms with Gasteiger partial charge in [-0.05, 0) is 55.8 Å². The van der Waals surface area contributed by atoms with Gasteiger partial charge < -0.3 is 10.1 Å². The first-order valence-corrected chi connectivity index (χ1v) is 7.52. The molecular weight excluding hydrogens is 234 g/mol. The number of nitrogens with one attached hydrogen (secondary N) is 1. The van der Waals surface area contributed by atoms with Gasteiger partial charge in [-0.1, -0.05) is 32.9 Å². The Morgan fingerprint density at radius 3 is 2.53 bits per heavy atom. The van der Waals surface area contributed by atoms with Crippen molar-refractivity contribution < 1.29 is 4.74 Å². The van der Waals surface area contributed by atoms with Crippen molar-refractivity contribution >= 4 is 0 Å². The molecule has 2 atom stereocenters. The summed E-state index contributed by atoms with van der Waals surface area (Å²) in [4.78, 5) is 0. The van der Waals surface area contributed by atoms with Crippen LogP contribution < -0.4 is 10.1 Å². The molecule has 2 nitrogen and oxygen atoms in total. The molecule has 0 saturated carbocycles. The van der Waals surface area contributed by atoms with Gasteiger partial charge in [0.15, 0.2) is 0 Å². The van der Waals surface area contributed by atoms with E-state index in [1.807, 2.05) is 0 Å². The normalized spacial score (nSPS) is 24.2. The Labute approximate surface area is 117 Å². The van der Waals surface area contributed by atoms with E-state index >= 15 is 0 Å². The van der Waals surface area contributed by atoms with Gasteiger partial charge in [-0.15, -0.1) is 0 Å². The molecule has 0 spiro atoms. The van der Waals surface area contributed by atoms with Gasteiger partial charge in [-0.2, -0.15) is 0 Å². The molecule has 1 heterocycles. The second-order valence-corrected chi connectivity index (χ2v) is 6.38. The molecule has 0 bridgehead atoms. The number of hydrogen-bond donors (Lipinski definition) is 1. The van der Waals surface area contributed by atoms with Crippen molar-refractivity contribution in [1.29, 1.82) is 0 Å². The highest BCUT2D eigenvalue weighted by Crippen LogP contribution is 2.28. The van der Waals surface area contributed by atoms with Crippen molar-refractivity contribution in [2.24, 2.45) is 0 Å². The monoisotopic (exact) mass is 261 g/mol. The largest absolute Gasteiger partial charge is 0.490 e. The molecule has 0 aromatic heterocycles. The van der Waals surface area contributed by atoms with Gasteiger partial charge in [0, 0.05) is 6.04 Å². The first-order valence-electron chi connectivity index (χ1n) is 7.52. The van der Waals surface area contributed by atoms with Crippen molar-refractivity contribution in [2.45, 2.75) is 64.5 Å². The number of benzene rings is 1. The first-order chi connectivity index (χ1) is 9.01. The Morgan fingerprint density at radius 2 is 1.95 bits per heavy atom. The lowest BCUT2D eigenvalue weighted by Gasteiger charge is -2.29. The van der Waals surface area contributed by atoms with Crippen LogP contribution in [0.5, 0.6) is 5.75 Å². The summed E-state index contributed by atoms with van der Waals surface area (Å²) in [6.45, 7) is 10.1. The molecule has 1 saturated heterocycles. The maximum absolute atomic E-state index is 6.09. The van der Waals surface area contributed by atoms with Crippen LogP contribution in [0.25, 0.3) is 0 Å². The van der Waals surface area contributed by atoms with Crippen molar-refractivity contribution in [1.82, 2.24) is 5.32 Å². The van der Waals surface area contributed by atoms with Gasteiger partial charge in [-0.25, -0.2) is 0 Å². The number of hydrogen-bond acceptors (Lipinski definition) is 2. The summed E-state index contributed by atoms with van der Waals surface area (Å²) in [5.74, 6) is 1.01. The average Bonchev–Trinajstić information content (AvgIpc) is 2.39. The first kappa shape index (κ1) is 14.4. The van der Waals surface area contributed by atoms with E-state index < -0.39 is 0 Å². The smallest absolute Gasteiger partial charge is 0.119 e. The third kappa shape index (κ3) is 3.73. The Morgan fingerprint density at radius 1 is 1.26 bits per heavy atom. The van der Waals surface area contributed by atoms with Gasteiger partial charge in [0.1, 0.15) is 11.9 Å². The lowest BCUT2D eigenvalue weighted by atomic mass is 9.82. The predicted octanol–water partition coefficient (Wildman–Crippen LogP) is 3.89. The molecule has 1 aromatic rings. The number of rotatable bonds is 4. The van der Waals surface area contributed by atoms with Gasteiger partial charge in [0.25, 0.3) is 0 Å². The summed E-state index contributed by atoms with van der Waals surface area (Å²) in [5, 5.41) is 3.45. The second-order valence-electron chi connectivity index (χ2n) is 6.38. The molecule has 2 unspecified atom stereocenters. The summed E-state index contributed by atoms with van der Waals surface area (Å²) in [6, 6.07) is 9.24. The summed E-state index contributed by atoms with van der Waals surface area (Å²) in [6.07, 6.45) is 3.72. The molecule has 1 fully saturated rings. The summed E-state index contributed by atoms with van der Waals surface area (Å²) >= 11 is 0. The Kier molecular flexibility index (Phi) is 4.51. The zero-order chi connectivity index (χ0) is 13.9. The van der Waals surface area contributed by atoms with Crippen LogP contribution in [0.1, 0.15) is 52.5 Å². The fraction of sp³-hybridized carbons (Fsp3) is 0.647. The molecule has 0 radical (unpaired) electrons. The van der Waals surface area contributed by atoms with E-state index in [0.717, 1.165) is 31.6 Å². The minimum atomic E-state index is 0.252. The van der Waals surface area contributed by atoms with Crippen LogP contribution in [-0.2, 0) is 5.41 Å². The maximum atomic E-state index is 6.09. The molecule has 1 N–H and O–H groups in total. The average molecular weight is 261 g/mol. The molecule has 1 aliphatic rings. The Hall–Kier alpha value is -1.02. The molecule has 2 rings (SSSR count). The third-order valence-corrected chi connectivity index (χ3v) is 4.40. The van der Waals surface area contributed by atoms with E-state index in [1.165, 1.54) is 5.56 Å². The number of ether oxygens (including phenoxy) is 1. The van der Waals surface area contributed by atoms with Gasteiger partial charge in [0.05, 0.1) is 0 Å². The van der Waals surface area contributed by atoms with E-state index in [9.17, 15) is 0 Å². The fourth-order valence-corrected chi connectivity index (χ4v) is 2.57. The quantitative estimate of drug-likeness (QED) is 0.887. The van der Waals surface area contributed by atoms with E-state index in [1.54, 1.807) is 0 Å². The minimum absolute atomic E-state index is 0.252. The molecule has 0 amide bonds.